The fourth-order valence-corrected chi connectivity index (χ4v) is 2.42. The summed E-state index contributed by atoms with van der Waals surface area (Å²) in [6.07, 6.45) is 1.57. The Hall–Kier alpha value is -2.80. The molecule has 1 aromatic heterocycles. The second kappa shape index (κ2) is 8.89. The van der Waals surface area contributed by atoms with Crippen LogP contribution in [0.25, 0.3) is 0 Å². The highest BCUT2D eigenvalue weighted by Crippen LogP contribution is 2.16. The molecule has 0 aliphatic carbocycles. The van der Waals surface area contributed by atoms with Gasteiger partial charge in [0.15, 0.2) is 13.1 Å². The molecule has 0 aliphatic heterocycles. The van der Waals surface area contributed by atoms with Gasteiger partial charge in [0.1, 0.15) is 11.5 Å². The first-order valence-electron chi connectivity index (χ1n) is 8.06. The minimum absolute atomic E-state index is 0.143. The van der Waals surface area contributed by atoms with Crippen LogP contribution in [0.4, 0.5) is 5.69 Å². The Morgan fingerprint density at radius 1 is 1.20 bits per heavy atom. The van der Waals surface area contributed by atoms with Crippen LogP contribution < -0.4 is 20.3 Å². The molecule has 2 amide bonds. The third-order valence-electron chi connectivity index (χ3n) is 3.63. The van der Waals surface area contributed by atoms with Crippen molar-refractivity contribution in [3.8, 4) is 5.75 Å². The van der Waals surface area contributed by atoms with Crippen LogP contribution in [0.5, 0.6) is 5.75 Å². The standard InChI is InChI=1S/C18H23N3O4/c1-13(16-8-5-9-25-16)19-17(22)11-21(2)12-18(23)20-14-6-4-7-15(10-14)24-3/h4-10,13H,11-12H2,1-3H3,(H,19,22)(H,20,23)/p+1/t13-/m0/s1. The molecule has 7 nitrogen and oxygen atoms in total. The molecule has 0 radical (unpaired) electrons. The van der Waals surface area contributed by atoms with Crippen LogP contribution in [0.15, 0.2) is 47.1 Å². The van der Waals surface area contributed by atoms with E-state index in [9.17, 15) is 9.59 Å². The van der Waals surface area contributed by atoms with Gasteiger partial charge >= 0.3 is 0 Å². The number of rotatable bonds is 8. The molecular formula is C18H24N3O4+. The van der Waals surface area contributed by atoms with Crippen LogP contribution in [0.2, 0.25) is 0 Å². The molecule has 2 rings (SSSR count). The van der Waals surface area contributed by atoms with E-state index in [1.807, 2.05) is 13.0 Å². The van der Waals surface area contributed by atoms with Crippen LogP contribution in [0, 0.1) is 0 Å². The van der Waals surface area contributed by atoms with Gasteiger partial charge in [-0.3, -0.25) is 9.59 Å². The fourth-order valence-electron chi connectivity index (χ4n) is 2.42. The van der Waals surface area contributed by atoms with Crippen molar-refractivity contribution < 1.29 is 23.6 Å². The van der Waals surface area contributed by atoms with Crippen molar-refractivity contribution in [1.29, 1.82) is 0 Å². The number of amides is 2. The predicted molar refractivity (Wildman–Crippen MR) is 93.5 cm³/mol. The molecule has 134 valence electrons. The normalized spacial score (nSPS) is 12.9. The van der Waals surface area contributed by atoms with E-state index >= 15 is 0 Å². The SMILES string of the molecule is COc1cccc(NC(=O)C[NH+](C)CC(=O)N[C@@H](C)c2ccco2)c1. The number of quaternary nitrogens is 1. The average Bonchev–Trinajstić information content (AvgIpc) is 3.09. The fraction of sp³-hybridized carbons (Fsp3) is 0.333. The Kier molecular flexibility index (Phi) is 6.59. The number of hydrogen-bond acceptors (Lipinski definition) is 4. The number of nitrogens with one attached hydrogen (secondary N) is 3. The maximum Gasteiger partial charge on any atom is 0.279 e. The summed E-state index contributed by atoms with van der Waals surface area (Å²) in [5.74, 6) is 1.06. The van der Waals surface area contributed by atoms with Gasteiger partial charge in [-0.1, -0.05) is 6.07 Å². The third-order valence-corrected chi connectivity index (χ3v) is 3.63. The van der Waals surface area contributed by atoms with Crippen LogP contribution in [-0.2, 0) is 9.59 Å². The van der Waals surface area contributed by atoms with Crippen LogP contribution >= 0.6 is 0 Å². The minimum Gasteiger partial charge on any atom is -0.497 e. The lowest BCUT2D eigenvalue weighted by Crippen LogP contribution is -3.11. The molecular weight excluding hydrogens is 322 g/mol. The Bertz CT molecular complexity index is 700. The molecule has 2 aromatic rings. The first-order valence-corrected chi connectivity index (χ1v) is 8.06. The maximum absolute atomic E-state index is 12.1. The van der Waals surface area contributed by atoms with E-state index in [0.29, 0.717) is 17.2 Å². The Balaban J connectivity index is 1.77. The predicted octanol–water partition coefficient (Wildman–Crippen LogP) is 0.619. The number of carbonyl (C=O) groups is 2. The Morgan fingerprint density at radius 2 is 1.96 bits per heavy atom. The van der Waals surface area contributed by atoms with Gasteiger partial charge in [0.05, 0.1) is 26.5 Å². The molecule has 3 N–H and O–H groups in total. The second-order valence-corrected chi connectivity index (χ2v) is 5.90. The number of benzene rings is 1. The summed E-state index contributed by atoms with van der Waals surface area (Å²) in [4.78, 5) is 24.9. The Labute approximate surface area is 146 Å². The summed E-state index contributed by atoms with van der Waals surface area (Å²) in [6.45, 7) is 2.22. The molecule has 1 aromatic carbocycles. The van der Waals surface area contributed by atoms with E-state index in [1.165, 1.54) is 0 Å². The van der Waals surface area contributed by atoms with Gasteiger partial charge in [-0.15, -0.1) is 0 Å². The summed E-state index contributed by atoms with van der Waals surface area (Å²) in [7, 11) is 3.36. The molecule has 0 bridgehead atoms. The van der Waals surface area contributed by atoms with Crippen molar-refractivity contribution in [3.63, 3.8) is 0 Å². The topological polar surface area (TPSA) is 85.0 Å². The van der Waals surface area contributed by atoms with E-state index in [-0.39, 0.29) is 30.9 Å². The highest BCUT2D eigenvalue weighted by molar-refractivity contribution is 5.91. The van der Waals surface area contributed by atoms with Gasteiger partial charge in [0, 0.05) is 11.8 Å². The van der Waals surface area contributed by atoms with Crippen molar-refractivity contribution in [1.82, 2.24) is 5.32 Å². The monoisotopic (exact) mass is 346 g/mol. The van der Waals surface area contributed by atoms with E-state index in [0.717, 1.165) is 4.90 Å². The van der Waals surface area contributed by atoms with Gasteiger partial charge in [-0.25, -0.2) is 0 Å². The smallest absolute Gasteiger partial charge is 0.279 e. The quantitative estimate of drug-likeness (QED) is 0.654. The molecule has 0 saturated heterocycles. The highest BCUT2D eigenvalue weighted by Gasteiger charge is 2.17. The van der Waals surface area contributed by atoms with Gasteiger partial charge in [-0.05, 0) is 31.2 Å². The molecule has 7 heteroatoms. The maximum atomic E-state index is 12.1. The van der Waals surface area contributed by atoms with Gasteiger partial charge < -0.3 is 24.7 Å². The number of methoxy groups -OCH3 is 1. The zero-order valence-electron chi connectivity index (χ0n) is 14.7. The minimum atomic E-state index is -0.207. The Morgan fingerprint density at radius 3 is 2.64 bits per heavy atom. The van der Waals surface area contributed by atoms with E-state index in [4.69, 9.17) is 9.15 Å². The number of likely N-dealkylation sites (N-methyl/N-ethyl adjacent to an activating group) is 1. The van der Waals surface area contributed by atoms with Crippen molar-refractivity contribution in [2.45, 2.75) is 13.0 Å². The zero-order valence-corrected chi connectivity index (χ0v) is 14.7. The van der Waals surface area contributed by atoms with Crippen LogP contribution in [-0.4, -0.2) is 39.1 Å². The molecule has 25 heavy (non-hydrogen) atoms. The zero-order chi connectivity index (χ0) is 18.2. The summed E-state index contributed by atoms with van der Waals surface area (Å²) in [5.41, 5.74) is 0.660. The number of furan rings is 1. The van der Waals surface area contributed by atoms with E-state index < -0.39 is 0 Å². The lowest BCUT2D eigenvalue weighted by atomic mass is 10.2. The van der Waals surface area contributed by atoms with Crippen LogP contribution in [0.3, 0.4) is 0 Å². The first-order chi connectivity index (χ1) is 12.0. The van der Waals surface area contributed by atoms with Gasteiger partial charge in [0.2, 0.25) is 0 Å². The summed E-state index contributed by atoms with van der Waals surface area (Å²) in [5, 5.41) is 5.65. The second-order valence-electron chi connectivity index (χ2n) is 5.90. The largest absolute Gasteiger partial charge is 0.497 e. The van der Waals surface area contributed by atoms with Gasteiger partial charge in [0.25, 0.3) is 11.8 Å². The molecule has 2 atom stereocenters. The van der Waals surface area contributed by atoms with Crippen molar-refractivity contribution in [2.24, 2.45) is 0 Å². The number of ether oxygens (including phenoxy) is 1. The van der Waals surface area contributed by atoms with E-state index in [1.54, 1.807) is 50.8 Å². The number of hydrogen-bond donors (Lipinski definition) is 3. The van der Waals surface area contributed by atoms with Gasteiger partial charge in [-0.2, -0.15) is 0 Å². The molecule has 0 saturated carbocycles. The third kappa shape index (κ3) is 5.96. The lowest BCUT2D eigenvalue weighted by molar-refractivity contribution is -0.862. The summed E-state index contributed by atoms with van der Waals surface area (Å²) >= 11 is 0. The van der Waals surface area contributed by atoms with Crippen molar-refractivity contribution in [2.75, 3.05) is 32.6 Å². The summed E-state index contributed by atoms with van der Waals surface area (Å²) < 4.78 is 10.4. The molecule has 0 aliphatic rings. The highest BCUT2D eigenvalue weighted by atomic mass is 16.5. The molecule has 0 spiro atoms. The molecule has 1 unspecified atom stereocenters. The number of anilines is 1. The van der Waals surface area contributed by atoms with E-state index in [2.05, 4.69) is 10.6 Å². The lowest BCUT2D eigenvalue weighted by Gasteiger charge is -2.16. The first kappa shape index (κ1) is 18.5. The van der Waals surface area contributed by atoms with Crippen LogP contribution in [0.1, 0.15) is 18.7 Å². The number of carbonyl (C=O) groups excluding carboxylic acids is 2. The van der Waals surface area contributed by atoms with Crippen molar-refractivity contribution >= 4 is 17.5 Å². The average molecular weight is 346 g/mol. The molecule has 1 heterocycles. The summed E-state index contributed by atoms with van der Waals surface area (Å²) in [6, 6.07) is 10.5. The van der Waals surface area contributed by atoms with Crippen molar-refractivity contribution in [3.05, 3.63) is 48.4 Å². The molecule has 0 fully saturated rings.